The molecular weight excluding hydrogens is 380 g/mol. The maximum atomic E-state index is 13.4. The van der Waals surface area contributed by atoms with E-state index in [1.54, 1.807) is 9.80 Å². The highest BCUT2D eigenvalue weighted by Crippen LogP contribution is 2.40. The molecule has 0 spiro atoms. The van der Waals surface area contributed by atoms with Crippen molar-refractivity contribution >= 4 is 11.8 Å². The number of amides is 2. The van der Waals surface area contributed by atoms with Crippen LogP contribution >= 0.6 is 0 Å². The average molecular weight is 419 g/mol. The van der Waals surface area contributed by atoms with Gasteiger partial charge in [-0.3, -0.25) is 19.4 Å². The molecule has 2 aliphatic heterocycles. The van der Waals surface area contributed by atoms with Crippen LogP contribution in [0.3, 0.4) is 0 Å². The fourth-order valence-electron chi connectivity index (χ4n) is 5.42. The maximum absolute atomic E-state index is 13.4. The predicted octanol–water partition coefficient (Wildman–Crippen LogP) is 4.55. The lowest BCUT2D eigenvalue weighted by atomic mass is 9.88. The molecule has 6 nitrogen and oxygen atoms in total. The summed E-state index contributed by atoms with van der Waals surface area (Å²) in [5, 5.41) is 0. The van der Waals surface area contributed by atoms with Crippen LogP contribution in [0.15, 0.2) is 11.8 Å². The molecule has 0 radical (unpaired) electrons. The van der Waals surface area contributed by atoms with Gasteiger partial charge in [-0.25, -0.2) is 0 Å². The van der Waals surface area contributed by atoms with Crippen LogP contribution < -0.4 is 0 Å². The van der Waals surface area contributed by atoms with Crippen LogP contribution in [0.5, 0.6) is 0 Å². The van der Waals surface area contributed by atoms with Gasteiger partial charge >= 0.3 is 0 Å². The quantitative estimate of drug-likeness (QED) is 0.660. The Morgan fingerprint density at radius 2 is 1.00 bits per heavy atom. The Balaban J connectivity index is 1.66. The zero-order valence-corrected chi connectivity index (χ0v) is 19.2. The third-order valence-corrected chi connectivity index (χ3v) is 6.94. The maximum Gasteiger partial charge on any atom is 0.259 e. The van der Waals surface area contributed by atoms with Crippen molar-refractivity contribution in [3.63, 3.8) is 0 Å². The molecule has 4 rings (SSSR count). The molecule has 0 aromatic carbocycles. The first-order valence-corrected chi connectivity index (χ1v) is 11.9. The Hall–Kier alpha value is -1.72. The molecule has 0 aromatic heterocycles. The van der Waals surface area contributed by atoms with E-state index >= 15 is 0 Å². The molecule has 4 aliphatic rings. The molecular formula is C24H38N2O4. The Morgan fingerprint density at radius 1 is 0.667 bits per heavy atom. The molecule has 4 fully saturated rings. The van der Waals surface area contributed by atoms with Crippen LogP contribution in [-0.2, 0) is 19.1 Å². The molecule has 2 saturated heterocycles. The van der Waals surface area contributed by atoms with Gasteiger partial charge in [0.25, 0.3) is 11.8 Å². The summed E-state index contributed by atoms with van der Waals surface area (Å²) in [6, 6.07) is 0. The second-order valence-electron chi connectivity index (χ2n) is 10.9. The van der Waals surface area contributed by atoms with E-state index in [2.05, 4.69) is 0 Å². The van der Waals surface area contributed by atoms with Gasteiger partial charge < -0.3 is 9.47 Å². The van der Waals surface area contributed by atoms with E-state index < -0.39 is 11.2 Å². The molecule has 0 bridgehead atoms. The zero-order chi connectivity index (χ0) is 21.5. The number of carbonyl (C=O) groups excluding carboxylic acids is 2. The summed E-state index contributed by atoms with van der Waals surface area (Å²) < 4.78 is 12.6. The van der Waals surface area contributed by atoms with Gasteiger partial charge in [-0.15, -0.1) is 0 Å². The van der Waals surface area contributed by atoms with Crippen LogP contribution in [-0.4, -0.2) is 45.9 Å². The molecule has 2 saturated carbocycles. The van der Waals surface area contributed by atoms with Crippen molar-refractivity contribution in [2.75, 3.05) is 13.1 Å². The molecule has 6 heteroatoms. The van der Waals surface area contributed by atoms with E-state index in [0.717, 1.165) is 51.4 Å². The molecule has 30 heavy (non-hydrogen) atoms. The van der Waals surface area contributed by atoms with E-state index in [1.165, 1.54) is 12.8 Å². The minimum Gasteiger partial charge on any atom is -0.467 e. The SMILES string of the molecule is CC1(C)CN(C(=O)C2CCCCC2)/C(=C2\OC(C)(C)CN2C(=O)C2CCCCC2)O1. The molecule has 2 heterocycles. The highest BCUT2D eigenvalue weighted by atomic mass is 16.6. The third-order valence-electron chi connectivity index (χ3n) is 6.94. The lowest BCUT2D eigenvalue weighted by Crippen LogP contribution is -2.39. The minimum absolute atomic E-state index is 0.0451. The second-order valence-corrected chi connectivity index (χ2v) is 10.9. The lowest BCUT2D eigenvalue weighted by Gasteiger charge is -2.28. The third kappa shape index (κ3) is 4.33. The Kier molecular flexibility index (Phi) is 5.80. The Bertz CT molecular complexity index is 655. The van der Waals surface area contributed by atoms with Crippen LogP contribution in [0.1, 0.15) is 91.9 Å². The summed E-state index contributed by atoms with van der Waals surface area (Å²) in [7, 11) is 0. The van der Waals surface area contributed by atoms with Crippen LogP contribution in [0.4, 0.5) is 0 Å². The van der Waals surface area contributed by atoms with Crippen molar-refractivity contribution in [3.05, 3.63) is 11.8 Å². The summed E-state index contributed by atoms with van der Waals surface area (Å²) >= 11 is 0. The van der Waals surface area contributed by atoms with Crippen LogP contribution in [0.25, 0.3) is 0 Å². The van der Waals surface area contributed by atoms with Gasteiger partial charge in [0.2, 0.25) is 11.8 Å². The highest BCUT2D eigenvalue weighted by Gasteiger charge is 2.49. The Labute approximate surface area is 180 Å². The standard InChI is InChI=1S/C24H38N2O4/c1-23(2)15-25(19(27)17-11-7-5-8-12-17)21(29-23)22-26(16-24(3,4)30-22)20(28)18-13-9-6-10-14-18/h17-18H,5-16H2,1-4H3/b22-21+. The van der Waals surface area contributed by atoms with Crippen molar-refractivity contribution in [3.8, 4) is 0 Å². The van der Waals surface area contributed by atoms with Gasteiger partial charge in [-0.05, 0) is 53.4 Å². The molecule has 2 aliphatic carbocycles. The van der Waals surface area contributed by atoms with E-state index in [4.69, 9.17) is 9.47 Å². The van der Waals surface area contributed by atoms with Crippen molar-refractivity contribution in [2.45, 2.75) is 103 Å². The van der Waals surface area contributed by atoms with Crippen molar-refractivity contribution < 1.29 is 19.1 Å². The molecule has 0 N–H and O–H groups in total. The number of rotatable bonds is 2. The molecule has 0 aromatic rings. The van der Waals surface area contributed by atoms with Crippen molar-refractivity contribution in [1.82, 2.24) is 9.80 Å². The minimum atomic E-state index is -0.498. The second kappa shape index (κ2) is 8.08. The van der Waals surface area contributed by atoms with Gasteiger partial charge in [0.1, 0.15) is 11.2 Å². The summed E-state index contributed by atoms with van der Waals surface area (Å²) in [6.07, 6.45) is 10.6. The number of nitrogens with zero attached hydrogens (tertiary/aromatic N) is 2. The predicted molar refractivity (Wildman–Crippen MR) is 114 cm³/mol. The lowest BCUT2D eigenvalue weighted by molar-refractivity contribution is -0.137. The fourth-order valence-corrected chi connectivity index (χ4v) is 5.42. The monoisotopic (exact) mass is 418 g/mol. The van der Waals surface area contributed by atoms with E-state index in [1.807, 2.05) is 27.7 Å². The number of hydrogen-bond donors (Lipinski definition) is 0. The van der Waals surface area contributed by atoms with Gasteiger partial charge in [0.15, 0.2) is 0 Å². The van der Waals surface area contributed by atoms with E-state index in [-0.39, 0.29) is 23.7 Å². The molecule has 0 unspecified atom stereocenters. The first-order valence-electron chi connectivity index (χ1n) is 11.9. The summed E-state index contributed by atoms with van der Waals surface area (Å²) in [5.74, 6) is 1.24. The average Bonchev–Trinajstić information content (AvgIpc) is 3.23. The number of ether oxygens (including phenoxy) is 2. The van der Waals surface area contributed by atoms with Gasteiger partial charge in [0, 0.05) is 11.8 Å². The molecule has 168 valence electrons. The van der Waals surface area contributed by atoms with E-state index in [9.17, 15) is 9.59 Å². The largest absolute Gasteiger partial charge is 0.467 e. The first-order chi connectivity index (χ1) is 14.2. The summed E-state index contributed by atoms with van der Waals surface area (Å²) in [4.78, 5) is 30.4. The molecule has 0 atom stereocenters. The summed E-state index contributed by atoms with van der Waals surface area (Å²) in [5.41, 5.74) is -0.995. The zero-order valence-electron chi connectivity index (χ0n) is 19.2. The highest BCUT2D eigenvalue weighted by molar-refractivity contribution is 5.83. The van der Waals surface area contributed by atoms with Crippen molar-refractivity contribution in [1.29, 1.82) is 0 Å². The van der Waals surface area contributed by atoms with Gasteiger partial charge in [0.05, 0.1) is 13.1 Å². The number of hydrogen-bond acceptors (Lipinski definition) is 4. The van der Waals surface area contributed by atoms with Crippen molar-refractivity contribution in [2.24, 2.45) is 11.8 Å². The number of carbonyl (C=O) groups is 2. The topological polar surface area (TPSA) is 59.1 Å². The van der Waals surface area contributed by atoms with Crippen LogP contribution in [0.2, 0.25) is 0 Å². The fraction of sp³-hybridized carbons (Fsp3) is 0.833. The van der Waals surface area contributed by atoms with Gasteiger partial charge in [-0.1, -0.05) is 38.5 Å². The smallest absolute Gasteiger partial charge is 0.259 e. The Morgan fingerprint density at radius 3 is 1.33 bits per heavy atom. The normalized spacial score (nSPS) is 29.6. The summed E-state index contributed by atoms with van der Waals surface area (Å²) in [6.45, 7) is 8.97. The van der Waals surface area contributed by atoms with E-state index in [0.29, 0.717) is 24.9 Å². The van der Waals surface area contributed by atoms with Gasteiger partial charge in [-0.2, -0.15) is 0 Å². The van der Waals surface area contributed by atoms with Crippen LogP contribution in [0, 0.1) is 11.8 Å². The first kappa shape index (κ1) is 21.5. The molecule has 2 amide bonds.